The van der Waals surface area contributed by atoms with Crippen molar-refractivity contribution < 1.29 is 4.79 Å². The minimum Gasteiger partial charge on any atom is -0.267 e. The van der Waals surface area contributed by atoms with Gasteiger partial charge in [0.15, 0.2) is 0 Å². The molecule has 0 aliphatic rings. The number of halogens is 2. The summed E-state index contributed by atoms with van der Waals surface area (Å²) in [6, 6.07) is 7.25. The van der Waals surface area contributed by atoms with Gasteiger partial charge in [-0.25, -0.2) is 4.68 Å². The lowest BCUT2D eigenvalue weighted by Gasteiger charge is -2.02. The van der Waals surface area contributed by atoms with Crippen LogP contribution in [0.25, 0.3) is 0 Å². The number of carbonyl (C=O) groups excluding carboxylic acids is 1. The zero-order valence-corrected chi connectivity index (χ0v) is 10.7. The molecule has 1 heterocycles. The summed E-state index contributed by atoms with van der Waals surface area (Å²) in [6.07, 6.45) is 3.20. The maximum atomic E-state index is 11.9. The van der Waals surface area contributed by atoms with Crippen LogP contribution in [0.1, 0.15) is 10.4 Å². The molecule has 0 bridgehead atoms. The summed E-state index contributed by atoms with van der Waals surface area (Å²) >= 11 is 6.57. The molecule has 3 nitrogen and oxygen atoms in total. The lowest BCUT2D eigenvalue weighted by Crippen LogP contribution is -2.12. The summed E-state index contributed by atoms with van der Waals surface area (Å²) in [5.74, 6) is -0.159. The topological polar surface area (TPSA) is 34.9 Å². The van der Waals surface area contributed by atoms with Crippen molar-refractivity contribution in [1.82, 2.24) is 9.78 Å². The Morgan fingerprint density at radius 3 is 2.60 bits per heavy atom. The van der Waals surface area contributed by atoms with E-state index in [9.17, 15) is 4.79 Å². The largest absolute Gasteiger partial charge is 0.279 e. The Balaban J connectivity index is 2.41. The molecule has 15 heavy (non-hydrogen) atoms. The smallest absolute Gasteiger partial charge is 0.267 e. The maximum absolute atomic E-state index is 11.9. The third-order valence-corrected chi connectivity index (χ3v) is 2.96. The van der Waals surface area contributed by atoms with Crippen molar-refractivity contribution in [1.29, 1.82) is 0 Å². The van der Waals surface area contributed by atoms with E-state index in [4.69, 9.17) is 0 Å². The van der Waals surface area contributed by atoms with Crippen molar-refractivity contribution in [2.75, 3.05) is 0 Å². The van der Waals surface area contributed by atoms with Crippen LogP contribution in [0.15, 0.2) is 45.6 Å². The van der Waals surface area contributed by atoms with Crippen molar-refractivity contribution >= 4 is 37.8 Å². The number of hydrogen-bond acceptors (Lipinski definition) is 2. The van der Waals surface area contributed by atoms with Gasteiger partial charge in [-0.3, -0.25) is 4.79 Å². The Morgan fingerprint density at radius 2 is 2.00 bits per heavy atom. The second kappa shape index (κ2) is 4.28. The zero-order chi connectivity index (χ0) is 10.8. The molecule has 0 saturated carbocycles. The van der Waals surface area contributed by atoms with Gasteiger partial charge in [0.1, 0.15) is 0 Å². The second-order valence-electron chi connectivity index (χ2n) is 2.89. The Hall–Kier alpha value is -0.940. The average Bonchev–Trinajstić information content (AvgIpc) is 2.65. The normalized spacial score (nSPS) is 10.3. The van der Waals surface area contributed by atoms with Crippen LogP contribution in [-0.4, -0.2) is 15.7 Å². The molecule has 0 atom stereocenters. The van der Waals surface area contributed by atoms with E-state index in [0.29, 0.717) is 5.56 Å². The van der Waals surface area contributed by atoms with Gasteiger partial charge in [0.05, 0.1) is 16.2 Å². The van der Waals surface area contributed by atoms with Gasteiger partial charge in [0, 0.05) is 10.7 Å². The minimum absolute atomic E-state index is 0.159. The van der Waals surface area contributed by atoms with Gasteiger partial charge in [0.2, 0.25) is 0 Å². The van der Waals surface area contributed by atoms with Crippen LogP contribution < -0.4 is 0 Å². The number of rotatable bonds is 1. The molecule has 0 amide bonds. The van der Waals surface area contributed by atoms with Crippen LogP contribution in [0.4, 0.5) is 0 Å². The summed E-state index contributed by atoms with van der Waals surface area (Å²) in [5, 5.41) is 3.93. The number of nitrogens with zero attached hydrogens (tertiary/aromatic N) is 2. The number of carbonyl (C=O) groups is 1. The van der Waals surface area contributed by atoms with Crippen LogP contribution in [0.5, 0.6) is 0 Å². The number of aromatic nitrogens is 2. The van der Waals surface area contributed by atoms with Crippen LogP contribution >= 0.6 is 31.9 Å². The average molecular weight is 330 g/mol. The van der Waals surface area contributed by atoms with E-state index >= 15 is 0 Å². The molecule has 0 aliphatic heterocycles. The highest BCUT2D eigenvalue weighted by atomic mass is 79.9. The zero-order valence-electron chi connectivity index (χ0n) is 7.52. The molecule has 0 unspecified atom stereocenters. The monoisotopic (exact) mass is 328 g/mol. The fourth-order valence-corrected chi connectivity index (χ4v) is 1.91. The molecule has 0 aliphatic carbocycles. The third kappa shape index (κ3) is 2.18. The van der Waals surface area contributed by atoms with Gasteiger partial charge in [-0.15, -0.1) is 0 Å². The van der Waals surface area contributed by atoms with E-state index < -0.39 is 0 Å². The Labute approximate surface area is 103 Å². The first kappa shape index (κ1) is 10.6. The van der Waals surface area contributed by atoms with Crippen molar-refractivity contribution in [3.05, 3.63) is 51.2 Å². The summed E-state index contributed by atoms with van der Waals surface area (Å²) < 4.78 is 2.84. The fraction of sp³-hybridized carbons (Fsp3) is 0. The van der Waals surface area contributed by atoms with Crippen molar-refractivity contribution in [2.45, 2.75) is 0 Å². The third-order valence-electron chi connectivity index (χ3n) is 1.86. The predicted octanol–water partition coefficient (Wildman–Crippen LogP) is 3.10. The van der Waals surface area contributed by atoms with E-state index in [1.54, 1.807) is 18.5 Å². The van der Waals surface area contributed by atoms with Crippen LogP contribution in [0, 0.1) is 0 Å². The standard InChI is InChI=1S/C10H6Br2N2O/c11-7-5-13-14(6-7)10(15)8-3-1-2-4-9(8)12/h1-6H. The van der Waals surface area contributed by atoms with Crippen LogP contribution in [-0.2, 0) is 0 Å². The molecule has 0 radical (unpaired) electrons. The van der Waals surface area contributed by atoms with Crippen molar-refractivity contribution in [3.8, 4) is 0 Å². The molecule has 0 fully saturated rings. The van der Waals surface area contributed by atoms with Gasteiger partial charge in [-0.1, -0.05) is 12.1 Å². The molecular formula is C10H6Br2N2O. The molecule has 2 rings (SSSR count). The van der Waals surface area contributed by atoms with E-state index in [0.717, 1.165) is 8.95 Å². The van der Waals surface area contributed by atoms with E-state index in [-0.39, 0.29) is 5.91 Å². The van der Waals surface area contributed by atoms with E-state index in [1.807, 2.05) is 18.2 Å². The summed E-state index contributed by atoms with van der Waals surface area (Å²) in [6.45, 7) is 0. The van der Waals surface area contributed by atoms with E-state index in [2.05, 4.69) is 37.0 Å². The lowest BCUT2D eigenvalue weighted by molar-refractivity contribution is 0.0944. The Morgan fingerprint density at radius 1 is 1.27 bits per heavy atom. The van der Waals surface area contributed by atoms with Crippen LogP contribution in [0.3, 0.4) is 0 Å². The molecule has 2 aromatic rings. The van der Waals surface area contributed by atoms with Gasteiger partial charge >= 0.3 is 0 Å². The fourth-order valence-electron chi connectivity index (χ4n) is 1.17. The highest BCUT2D eigenvalue weighted by Gasteiger charge is 2.12. The first-order valence-electron chi connectivity index (χ1n) is 4.18. The minimum atomic E-state index is -0.159. The molecule has 1 aromatic carbocycles. The maximum Gasteiger partial charge on any atom is 0.279 e. The molecule has 0 spiro atoms. The van der Waals surface area contributed by atoms with Crippen molar-refractivity contribution in [2.24, 2.45) is 0 Å². The first-order valence-corrected chi connectivity index (χ1v) is 5.76. The predicted molar refractivity (Wildman–Crippen MR) is 63.8 cm³/mol. The van der Waals surface area contributed by atoms with E-state index in [1.165, 1.54) is 4.68 Å². The summed E-state index contributed by atoms with van der Waals surface area (Å²) in [5.41, 5.74) is 0.591. The summed E-state index contributed by atoms with van der Waals surface area (Å²) in [4.78, 5) is 11.9. The Kier molecular flexibility index (Phi) is 3.02. The molecule has 0 N–H and O–H groups in total. The molecule has 5 heteroatoms. The molecule has 1 aromatic heterocycles. The van der Waals surface area contributed by atoms with Gasteiger partial charge in [-0.2, -0.15) is 5.10 Å². The lowest BCUT2D eigenvalue weighted by atomic mass is 10.2. The highest BCUT2D eigenvalue weighted by molar-refractivity contribution is 9.10. The molecular weight excluding hydrogens is 324 g/mol. The van der Waals surface area contributed by atoms with Crippen molar-refractivity contribution in [3.63, 3.8) is 0 Å². The summed E-state index contributed by atoms with van der Waals surface area (Å²) in [7, 11) is 0. The number of benzene rings is 1. The molecule has 76 valence electrons. The van der Waals surface area contributed by atoms with Gasteiger partial charge in [-0.05, 0) is 44.0 Å². The van der Waals surface area contributed by atoms with Crippen LogP contribution in [0.2, 0.25) is 0 Å². The van der Waals surface area contributed by atoms with Gasteiger partial charge < -0.3 is 0 Å². The SMILES string of the molecule is O=C(c1ccccc1Br)n1cc(Br)cn1. The first-order chi connectivity index (χ1) is 7.18. The quantitative estimate of drug-likeness (QED) is 0.805. The number of hydrogen-bond donors (Lipinski definition) is 0. The highest BCUT2D eigenvalue weighted by Crippen LogP contribution is 2.17. The Bertz CT molecular complexity index is 508. The van der Waals surface area contributed by atoms with Gasteiger partial charge in [0.25, 0.3) is 5.91 Å². The molecule has 0 saturated heterocycles. The second-order valence-corrected chi connectivity index (χ2v) is 4.66.